The van der Waals surface area contributed by atoms with Gasteiger partial charge < -0.3 is 34.7 Å². The Morgan fingerprint density at radius 2 is 1.65 bits per heavy atom. The van der Waals surface area contributed by atoms with Gasteiger partial charge in [0.2, 0.25) is 23.6 Å². The van der Waals surface area contributed by atoms with Crippen LogP contribution < -0.4 is 30.7 Å². The molecule has 0 spiro atoms. The molecule has 4 N–H and O–H groups in total. The molecule has 0 bridgehead atoms. The summed E-state index contributed by atoms with van der Waals surface area (Å²) in [5.41, 5.74) is 7.56. The standard InChI is InChI=1S/C53H59ClF2N8O7/c1-31-45-42(27-38(55)48(54)47(45)46-37(50(57)66)13-15-40(69-2)49(46)56)71-53(31,34-6-4-3-5-7-34)30-58-35-10-8-33(9-11-35)51(67)63-19-16-32(17-20-63)28-61-22-24-62(25-23-61)29-44-59-39-14-12-36(26-41(39)70-44)64-21-18-43(65)60-52(64)68/h3-7,12-15,26-27,31-33,35,58H,8-11,16-25,28-30H2,1-2H3,(H2,57,66)(H,60,65,68). The van der Waals surface area contributed by atoms with Crippen LogP contribution in [0.2, 0.25) is 5.02 Å². The lowest BCUT2D eigenvalue weighted by atomic mass is 9.77. The minimum absolute atomic E-state index is 0.00123. The molecular weight excluding hydrogens is 934 g/mol. The molecule has 71 heavy (non-hydrogen) atoms. The molecule has 4 fully saturated rings. The van der Waals surface area contributed by atoms with E-state index in [4.69, 9.17) is 36.2 Å². The zero-order valence-electron chi connectivity index (χ0n) is 40.0. The molecule has 18 heteroatoms. The summed E-state index contributed by atoms with van der Waals surface area (Å²) in [7, 11) is 1.30. The molecule has 3 saturated heterocycles. The average molecular weight is 994 g/mol. The van der Waals surface area contributed by atoms with E-state index in [1.54, 1.807) is 6.07 Å². The van der Waals surface area contributed by atoms with E-state index in [1.807, 2.05) is 49.4 Å². The molecule has 4 aliphatic heterocycles. The normalized spacial score (nSPS) is 23.4. The fraction of sp³-hybridized carbons (Fsp3) is 0.453. The number of amides is 5. The Hall–Kier alpha value is -6.14. The number of hydrogen-bond donors (Lipinski definition) is 3. The number of carbonyl (C=O) groups excluding carboxylic acids is 4. The molecule has 1 saturated carbocycles. The molecule has 374 valence electrons. The molecule has 5 amide bonds. The van der Waals surface area contributed by atoms with Crippen molar-refractivity contribution in [2.45, 2.75) is 76.0 Å². The molecule has 4 aromatic carbocycles. The fourth-order valence-electron chi connectivity index (χ4n) is 11.5. The Morgan fingerprint density at radius 1 is 0.915 bits per heavy atom. The maximum atomic E-state index is 16.2. The minimum Gasteiger partial charge on any atom is -0.494 e. The topological polar surface area (TPSA) is 176 Å². The maximum Gasteiger partial charge on any atom is 0.328 e. The number of ether oxygens (including phenoxy) is 2. The summed E-state index contributed by atoms with van der Waals surface area (Å²) in [6.45, 7) is 9.42. The van der Waals surface area contributed by atoms with E-state index < -0.39 is 35.1 Å². The van der Waals surface area contributed by atoms with E-state index in [0.29, 0.717) is 48.3 Å². The van der Waals surface area contributed by atoms with Crippen LogP contribution in [-0.4, -0.2) is 115 Å². The first-order valence-corrected chi connectivity index (χ1v) is 25.1. The van der Waals surface area contributed by atoms with Crippen molar-refractivity contribution in [2.24, 2.45) is 17.6 Å². The van der Waals surface area contributed by atoms with Crippen molar-refractivity contribution in [1.82, 2.24) is 30.3 Å². The second-order valence-electron chi connectivity index (χ2n) is 19.7. The number of oxazole rings is 1. The van der Waals surface area contributed by atoms with Gasteiger partial charge in [-0.3, -0.25) is 29.5 Å². The molecule has 2 unspecified atom stereocenters. The predicted octanol–water partition coefficient (Wildman–Crippen LogP) is 7.58. The van der Waals surface area contributed by atoms with Gasteiger partial charge in [-0.25, -0.2) is 18.6 Å². The number of urea groups is 1. The molecule has 15 nitrogen and oxygen atoms in total. The number of fused-ring (bicyclic) bond motifs is 2. The highest BCUT2D eigenvalue weighted by Crippen LogP contribution is 2.56. The zero-order chi connectivity index (χ0) is 49.6. The van der Waals surface area contributed by atoms with Crippen LogP contribution in [0, 0.1) is 23.5 Å². The van der Waals surface area contributed by atoms with Gasteiger partial charge in [-0.2, -0.15) is 0 Å². The monoisotopic (exact) mass is 992 g/mol. The number of benzene rings is 4. The van der Waals surface area contributed by atoms with E-state index >= 15 is 8.78 Å². The van der Waals surface area contributed by atoms with Gasteiger partial charge in [-0.1, -0.05) is 48.9 Å². The Kier molecular flexibility index (Phi) is 13.8. The number of nitrogens with one attached hydrogen (secondary N) is 2. The van der Waals surface area contributed by atoms with Crippen LogP contribution in [0.1, 0.15) is 85.2 Å². The molecule has 0 radical (unpaired) electrons. The number of hydrogen-bond acceptors (Lipinski definition) is 11. The van der Waals surface area contributed by atoms with E-state index in [9.17, 15) is 19.2 Å². The highest BCUT2D eigenvalue weighted by atomic mass is 35.5. The number of carbonyl (C=O) groups is 4. The molecule has 5 heterocycles. The number of imide groups is 1. The van der Waals surface area contributed by atoms with Crippen LogP contribution in [-0.2, 0) is 21.7 Å². The van der Waals surface area contributed by atoms with Crippen molar-refractivity contribution in [3.8, 4) is 22.6 Å². The van der Waals surface area contributed by atoms with Gasteiger partial charge in [0.05, 0.1) is 24.2 Å². The number of methoxy groups -OCH3 is 1. The summed E-state index contributed by atoms with van der Waals surface area (Å²) in [5.74, 6) is -1.98. The molecule has 10 rings (SSSR count). The van der Waals surface area contributed by atoms with Crippen molar-refractivity contribution in [3.63, 3.8) is 0 Å². The average Bonchev–Trinajstić information content (AvgIpc) is 3.91. The Morgan fingerprint density at radius 3 is 2.35 bits per heavy atom. The second kappa shape index (κ2) is 20.2. The highest BCUT2D eigenvalue weighted by molar-refractivity contribution is 6.34. The summed E-state index contributed by atoms with van der Waals surface area (Å²) in [5, 5.41) is 5.76. The van der Waals surface area contributed by atoms with Gasteiger partial charge in [0.25, 0.3) is 0 Å². The van der Waals surface area contributed by atoms with Crippen molar-refractivity contribution < 1.29 is 41.8 Å². The molecule has 5 aliphatic rings. The number of likely N-dealkylation sites (tertiary alicyclic amines) is 1. The predicted molar refractivity (Wildman–Crippen MR) is 263 cm³/mol. The lowest BCUT2D eigenvalue weighted by Gasteiger charge is -2.40. The minimum atomic E-state index is -1.07. The van der Waals surface area contributed by atoms with Gasteiger partial charge in [0.1, 0.15) is 17.1 Å². The summed E-state index contributed by atoms with van der Waals surface area (Å²) >= 11 is 6.70. The Balaban J connectivity index is 0.709. The summed E-state index contributed by atoms with van der Waals surface area (Å²) in [6.07, 6.45) is 5.33. The van der Waals surface area contributed by atoms with Crippen LogP contribution in [0.3, 0.4) is 0 Å². The quantitative estimate of drug-likeness (QED) is 0.106. The number of nitrogens with two attached hydrogens (primary N) is 1. The third-order valence-corrected chi connectivity index (χ3v) is 15.9. The second-order valence-corrected chi connectivity index (χ2v) is 20.1. The Bertz CT molecular complexity index is 2840. The summed E-state index contributed by atoms with van der Waals surface area (Å²) < 4.78 is 50.2. The molecular formula is C53H59ClF2N8O7. The van der Waals surface area contributed by atoms with Crippen LogP contribution in [0.4, 0.5) is 19.3 Å². The molecule has 5 aromatic rings. The summed E-state index contributed by atoms with van der Waals surface area (Å²) in [4.78, 5) is 63.8. The zero-order valence-corrected chi connectivity index (χ0v) is 40.7. The van der Waals surface area contributed by atoms with Gasteiger partial charge in [-0.05, 0) is 74.3 Å². The fourth-order valence-corrected chi connectivity index (χ4v) is 11.8. The molecule has 1 aromatic heterocycles. The van der Waals surface area contributed by atoms with Gasteiger partial charge in [-0.15, -0.1) is 0 Å². The van der Waals surface area contributed by atoms with Crippen molar-refractivity contribution >= 4 is 52.1 Å². The lowest BCUT2D eigenvalue weighted by molar-refractivity contribution is -0.138. The number of halogens is 3. The lowest BCUT2D eigenvalue weighted by Crippen LogP contribution is -2.50. The van der Waals surface area contributed by atoms with Crippen LogP contribution in [0.25, 0.3) is 22.2 Å². The van der Waals surface area contributed by atoms with E-state index in [-0.39, 0.29) is 63.4 Å². The summed E-state index contributed by atoms with van der Waals surface area (Å²) in [6, 6.07) is 18.6. The first kappa shape index (κ1) is 48.5. The van der Waals surface area contributed by atoms with E-state index in [2.05, 4.69) is 25.3 Å². The first-order chi connectivity index (χ1) is 34.3. The van der Waals surface area contributed by atoms with E-state index in [0.717, 1.165) is 95.4 Å². The number of primary amides is 1. The van der Waals surface area contributed by atoms with Crippen LogP contribution in [0.5, 0.6) is 11.5 Å². The van der Waals surface area contributed by atoms with Gasteiger partial charge in [0.15, 0.2) is 22.8 Å². The number of aromatic nitrogens is 1. The highest BCUT2D eigenvalue weighted by Gasteiger charge is 2.50. The third kappa shape index (κ3) is 9.56. The number of piperidine rings is 1. The number of nitrogens with zero attached hydrogens (tertiary/aromatic N) is 5. The Labute approximate surface area is 415 Å². The van der Waals surface area contributed by atoms with Crippen molar-refractivity contribution in [1.29, 1.82) is 0 Å². The van der Waals surface area contributed by atoms with Gasteiger partial charge >= 0.3 is 6.03 Å². The SMILES string of the molecule is COc1ccc(C(N)=O)c(-c2c(Cl)c(F)cc3c2C(C)C(CNC2CCC(C(=O)N4CCC(CN5CCN(Cc6nc7ccc(N8CCC(=O)NC8=O)cc7o6)CC5)CC4)CC2)(c2ccccc2)O3)c1F. The number of piperazine rings is 1. The molecule has 1 aliphatic carbocycles. The van der Waals surface area contributed by atoms with Crippen LogP contribution in [0.15, 0.2) is 71.1 Å². The first-order valence-electron chi connectivity index (χ1n) is 24.7. The molecule has 2 atom stereocenters. The number of anilines is 1. The maximum absolute atomic E-state index is 16.2. The number of rotatable bonds is 13. The smallest absolute Gasteiger partial charge is 0.328 e. The van der Waals surface area contributed by atoms with Gasteiger partial charge in [0, 0.05) is 118 Å². The van der Waals surface area contributed by atoms with Crippen molar-refractivity contribution in [3.05, 3.63) is 106 Å². The third-order valence-electron chi connectivity index (χ3n) is 15.5. The van der Waals surface area contributed by atoms with E-state index in [1.165, 1.54) is 30.2 Å². The van der Waals surface area contributed by atoms with Crippen molar-refractivity contribution in [2.75, 3.05) is 70.9 Å². The largest absolute Gasteiger partial charge is 0.494 e. The van der Waals surface area contributed by atoms with Crippen LogP contribution >= 0.6 is 11.6 Å².